The van der Waals surface area contributed by atoms with Crippen molar-refractivity contribution < 1.29 is 9.59 Å². The first-order chi connectivity index (χ1) is 11.6. The molecular weight excluding hydrogens is 324 g/mol. The molecule has 0 spiro atoms. The third kappa shape index (κ3) is 3.44. The lowest BCUT2D eigenvalue weighted by molar-refractivity contribution is -0.129. The number of hydrogen-bond donors (Lipinski definition) is 1. The molecule has 0 saturated carbocycles. The van der Waals surface area contributed by atoms with Gasteiger partial charge in [0, 0.05) is 22.9 Å². The Morgan fingerprint density at radius 3 is 2.46 bits per heavy atom. The van der Waals surface area contributed by atoms with Gasteiger partial charge in [0.25, 0.3) is 0 Å². The van der Waals surface area contributed by atoms with Crippen LogP contribution in [0, 0.1) is 5.92 Å². The molecule has 1 aliphatic heterocycles. The molecule has 2 amide bonds. The Balaban J connectivity index is 1.68. The van der Waals surface area contributed by atoms with Crippen molar-refractivity contribution in [1.82, 2.24) is 0 Å². The first-order valence-corrected chi connectivity index (χ1v) is 8.43. The van der Waals surface area contributed by atoms with E-state index in [0.717, 1.165) is 12.1 Å². The van der Waals surface area contributed by atoms with E-state index in [1.165, 1.54) is 5.56 Å². The highest BCUT2D eigenvalue weighted by Crippen LogP contribution is 2.27. The summed E-state index contributed by atoms with van der Waals surface area (Å²) in [7, 11) is 0. The first-order valence-electron chi connectivity index (χ1n) is 8.05. The third-order valence-corrected chi connectivity index (χ3v) is 4.54. The van der Waals surface area contributed by atoms with Gasteiger partial charge in [-0.25, -0.2) is 0 Å². The number of anilines is 2. The molecule has 1 atom stereocenters. The van der Waals surface area contributed by atoms with Crippen molar-refractivity contribution in [2.24, 2.45) is 5.92 Å². The zero-order chi connectivity index (χ0) is 17.1. The van der Waals surface area contributed by atoms with Crippen molar-refractivity contribution in [2.45, 2.75) is 19.8 Å². The standard InChI is InChI=1S/C19H19ClN2O2/c1-2-13-3-9-16(10-4-13)22-12-11-17(19(22)24)18(23)21-15-7-5-14(20)6-8-15/h3-10,17H,2,11-12H2,1H3,(H,21,23). The third-order valence-electron chi connectivity index (χ3n) is 4.29. The lowest BCUT2D eigenvalue weighted by Crippen LogP contribution is -2.33. The molecule has 5 heteroatoms. The Bertz CT molecular complexity index is 741. The molecule has 24 heavy (non-hydrogen) atoms. The molecule has 0 aromatic heterocycles. The number of amides is 2. The van der Waals surface area contributed by atoms with Gasteiger partial charge in [0.1, 0.15) is 5.92 Å². The molecule has 0 aliphatic carbocycles. The lowest BCUT2D eigenvalue weighted by Gasteiger charge is -2.17. The first kappa shape index (κ1) is 16.5. The van der Waals surface area contributed by atoms with E-state index in [9.17, 15) is 9.59 Å². The van der Waals surface area contributed by atoms with Crippen LogP contribution in [-0.2, 0) is 16.0 Å². The topological polar surface area (TPSA) is 49.4 Å². The van der Waals surface area contributed by atoms with Crippen molar-refractivity contribution in [1.29, 1.82) is 0 Å². The van der Waals surface area contributed by atoms with Crippen LogP contribution in [0.4, 0.5) is 11.4 Å². The predicted octanol–water partition coefficient (Wildman–Crippen LogP) is 3.89. The summed E-state index contributed by atoms with van der Waals surface area (Å²) >= 11 is 5.83. The van der Waals surface area contributed by atoms with Crippen LogP contribution in [0.25, 0.3) is 0 Å². The molecule has 3 rings (SSSR count). The van der Waals surface area contributed by atoms with E-state index in [2.05, 4.69) is 12.2 Å². The number of halogens is 1. The van der Waals surface area contributed by atoms with E-state index in [0.29, 0.717) is 23.7 Å². The highest BCUT2D eigenvalue weighted by atomic mass is 35.5. The maximum Gasteiger partial charge on any atom is 0.239 e. The second kappa shape index (κ2) is 7.05. The van der Waals surface area contributed by atoms with Crippen LogP contribution >= 0.6 is 11.6 Å². The second-order valence-electron chi connectivity index (χ2n) is 5.85. The molecule has 1 saturated heterocycles. The zero-order valence-electron chi connectivity index (χ0n) is 13.5. The van der Waals surface area contributed by atoms with Gasteiger partial charge >= 0.3 is 0 Å². The smallest absolute Gasteiger partial charge is 0.239 e. The molecule has 0 radical (unpaired) electrons. The Morgan fingerprint density at radius 1 is 1.17 bits per heavy atom. The molecule has 1 fully saturated rings. The normalized spacial score (nSPS) is 17.2. The average molecular weight is 343 g/mol. The number of carbonyl (C=O) groups is 2. The molecule has 1 unspecified atom stereocenters. The summed E-state index contributed by atoms with van der Waals surface area (Å²) in [5.74, 6) is -1.06. The number of nitrogens with one attached hydrogen (secondary N) is 1. The van der Waals surface area contributed by atoms with Crippen LogP contribution in [0.2, 0.25) is 5.02 Å². The van der Waals surface area contributed by atoms with E-state index < -0.39 is 5.92 Å². The number of hydrogen-bond acceptors (Lipinski definition) is 2. The predicted molar refractivity (Wildman–Crippen MR) is 96.4 cm³/mol. The van der Waals surface area contributed by atoms with Gasteiger partial charge in [-0.05, 0) is 54.8 Å². The van der Waals surface area contributed by atoms with E-state index >= 15 is 0 Å². The fourth-order valence-corrected chi connectivity index (χ4v) is 2.98. The monoisotopic (exact) mass is 342 g/mol. The van der Waals surface area contributed by atoms with Crippen LogP contribution in [0.3, 0.4) is 0 Å². The number of aryl methyl sites for hydroxylation is 1. The molecule has 4 nitrogen and oxygen atoms in total. The summed E-state index contributed by atoms with van der Waals surface area (Å²) in [6.45, 7) is 2.65. The Labute approximate surface area is 146 Å². The van der Waals surface area contributed by atoms with Gasteiger partial charge in [0.05, 0.1) is 0 Å². The fourth-order valence-electron chi connectivity index (χ4n) is 2.85. The molecule has 1 N–H and O–H groups in total. The number of carbonyl (C=O) groups excluding carboxylic acids is 2. The average Bonchev–Trinajstić information content (AvgIpc) is 2.98. The molecule has 0 bridgehead atoms. The van der Waals surface area contributed by atoms with E-state index in [4.69, 9.17) is 11.6 Å². The summed E-state index contributed by atoms with van der Waals surface area (Å²) in [4.78, 5) is 26.7. The molecule has 124 valence electrons. The Hall–Kier alpha value is -2.33. The second-order valence-corrected chi connectivity index (χ2v) is 6.28. The maximum absolute atomic E-state index is 12.6. The van der Waals surface area contributed by atoms with Gasteiger partial charge in [-0.15, -0.1) is 0 Å². The van der Waals surface area contributed by atoms with Crippen molar-refractivity contribution in [3.8, 4) is 0 Å². The summed E-state index contributed by atoms with van der Waals surface area (Å²) in [6, 6.07) is 14.8. The summed E-state index contributed by atoms with van der Waals surface area (Å²) in [6.07, 6.45) is 1.48. The van der Waals surface area contributed by atoms with Gasteiger partial charge in [-0.2, -0.15) is 0 Å². The summed E-state index contributed by atoms with van der Waals surface area (Å²) < 4.78 is 0. The van der Waals surface area contributed by atoms with Crippen molar-refractivity contribution in [3.05, 3.63) is 59.1 Å². The van der Waals surface area contributed by atoms with Gasteiger partial charge in [-0.3, -0.25) is 9.59 Å². The maximum atomic E-state index is 12.6. The molecule has 2 aromatic carbocycles. The van der Waals surface area contributed by atoms with Crippen molar-refractivity contribution in [3.63, 3.8) is 0 Å². The van der Waals surface area contributed by atoms with Gasteiger partial charge in [0.2, 0.25) is 11.8 Å². The largest absolute Gasteiger partial charge is 0.325 e. The molecular formula is C19H19ClN2O2. The quantitative estimate of drug-likeness (QED) is 0.857. The Kier molecular flexibility index (Phi) is 4.86. The highest BCUT2D eigenvalue weighted by Gasteiger charge is 2.37. The summed E-state index contributed by atoms with van der Waals surface area (Å²) in [5, 5.41) is 3.39. The van der Waals surface area contributed by atoms with Gasteiger partial charge < -0.3 is 10.2 Å². The van der Waals surface area contributed by atoms with Crippen LogP contribution in [0.15, 0.2) is 48.5 Å². The van der Waals surface area contributed by atoms with Gasteiger partial charge in [0.15, 0.2) is 0 Å². The van der Waals surface area contributed by atoms with Crippen LogP contribution in [0.5, 0.6) is 0 Å². The van der Waals surface area contributed by atoms with Crippen LogP contribution in [-0.4, -0.2) is 18.4 Å². The zero-order valence-corrected chi connectivity index (χ0v) is 14.2. The highest BCUT2D eigenvalue weighted by molar-refractivity contribution is 6.30. The molecule has 2 aromatic rings. The van der Waals surface area contributed by atoms with Crippen LogP contribution < -0.4 is 10.2 Å². The molecule has 1 heterocycles. The SMILES string of the molecule is CCc1ccc(N2CCC(C(=O)Nc3ccc(Cl)cc3)C2=O)cc1. The minimum Gasteiger partial charge on any atom is -0.325 e. The minimum atomic E-state index is -0.647. The number of benzene rings is 2. The Morgan fingerprint density at radius 2 is 1.83 bits per heavy atom. The van der Waals surface area contributed by atoms with E-state index in [1.54, 1.807) is 29.2 Å². The van der Waals surface area contributed by atoms with Gasteiger partial charge in [-0.1, -0.05) is 30.7 Å². The number of nitrogens with zero attached hydrogens (tertiary/aromatic N) is 1. The van der Waals surface area contributed by atoms with Crippen LogP contribution in [0.1, 0.15) is 18.9 Å². The molecule has 1 aliphatic rings. The lowest BCUT2D eigenvalue weighted by atomic mass is 10.1. The number of rotatable bonds is 4. The fraction of sp³-hybridized carbons (Fsp3) is 0.263. The van der Waals surface area contributed by atoms with E-state index in [-0.39, 0.29) is 11.8 Å². The van der Waals surface area contributed by atoms with Crippen molar-refractivity contribution >= 4 is 34.8 Å². The van der Waals surface area contributed by atoms with Crippen molar-refractivity contribution in [2.75, 3.05) is 16.8 Å². The summed E-state index contributed by atoms with van der Waals surface area (Å²) in [5.41, 5.74) is 2.71. The minimum absolute atomic E-state index is 0.147. The van der Waals surface area contributed by atoms with E-state index in [1.807, 2.05) is 24.3 Å².